The van der Waals surface area contributed by atoms with E-state index in [4.69, 9.17) is 9.47 Å². The van der Waals surface area contributed by atoms with Crippen molar-refractivity contribution in [3.8, 4) is 22.6 Å². The minimum atomic E-state index is 0.0251. The standard InChI is InChI=1S/C19H23NO4/c1-5-7-20-12-15(9-13(2)19(20)22)14-10-17(23-3)16(6-8-21)18(11-14)24-4/h8-12H,5-7H2,1-4H3. The van der Waals surface area contributed by atoms with E-state index in [1.807, 2.05) is 38.2 Å². The van der Waals surface area contributed by atoms with Gasteiger partial charge in [0.15, 0.2) is 0 Å². The van der Waals surface area contributed by atoms with E-state index in [1.54, 1.807) is 18.8 Å². The Morgan fingerprint density at radius 2 is 1.71 bits per heavy atom. The first kappa shape index (κ1) is 17.8. The van der Waals surface area contributed by atoms with Gasteiger partial charge in [-0.15, -0.1) is 0 Å². The van der Waals surface area contributed by atoms with Crippen molar-refractivity contribution in [1.29, 1.82) is 0 Å². The maximum Gasteiger partial charge on any atom is 0.253 e. The number of nitrogens with zero attached hydrogens (tertiary/aromatic N) is 1. The van der Waals surface area contributed by atoms with Crippen molar-refractivity contribution in [1.82, 2.24) is 4.57 Å². The average molecular weight is 329 g/mol. The molecule has 0 saturated carbocycles. The molecule has 0 saturated heterocycles. The minimum absolute atomic E-state index is 0.0251. The van der Waals surface area contributed by atoms with Gasteiger partial charge in [-0.2, -0.15) is 0 Å². The molecule has 0 unspecified atom stereocenters. The quantitative estimate of drug-likeness (QED) is 0.733. The monoisotopic (exact) mass is 329 g/mol. The summed E-state index contributed by atoms with van der Waals surface area (Å²) in [5.74, 6) is 1.20. The largest absolute Gasteiger partial charge is 0.496 e. The number of hydrogen-bond acceptors (Lipinski definition) is 4. The van der Waals surface area contributed by atoms with E-state index in [9.17, 15) is 9.59 Å². The Morgan fingerprint density at radius 1 is 1.08 bits per heavy atom. The summed E-state index contributed by atoms with van der Waals surface area (Å²) in [6.07, 6.45) is 3.78. The van der Waals surface area contributed by atoms with Gasteiger partial charge in [0.05, 0.1) is 14.2 Å². The molecular weight excluding hydrogens is 306 g/mol. The highest BCUT2D eigenvalue weighted by Crippen LogP contribution is 2.35. The van der Waals surface area contributed by atoms with E-state index in [1.165, 1.54) is 0 Å². The van der Waals surface area contributed by atoms with E-state index >= 15 is 0 Å². The van der Waals surface area contributed by atoms with Gasteiger partial charge in [0.2, 0.25) is 0 Å². The number of aromatic nitrogens is 1. The van der Waals surface area contributed by atoms with Crippen molar-refractivity contribution < 1.29 is 14.3 Å². The molecule has 24 heavy (non-hydrogen) atoms. The Balaban J connectivity index is 2.64. The molecule has 1 heterocycles. The van der Waals surface area contributed by atoms with E-state index in [0.717, 1.165) is 29.4 Å². The van der Waals surface area contributed by atoms with Crippen molar-refractivity contribution in [3.63, 3.8) is 0 Å². The lowest BCUT2D eigenvalue weighted by molar-refractivity contribution is -0.107. The Kier molecular flexibility index (Phi) is 5.79. The third-order valence-electron chi connectivity index (χ3n) is 3.96. The summed E-state index contributed by atoms with van der Waals surface area (Å²) < 4.78 is 12.6. The topological polar surface area (TPSA) is 57.5 Å². The summed E-state index contributed by atoms with van der Waals surface area (Å²) in [5, 5.41) is 0. The fourth-order valence-corrected chi connectivity index (χ4v) is 2.79. The van der Waals surface area contributed by atoms with Gasteiger partial charge in [-0.05, 0) is 42.7 Å². The van der Waals surface area contributed by atoms with Crippen LogP contribution in [0.4, 0.5) is 0 Å². The first-order valence-corrected chi connectivity index (χ1v) is 7.95. The highest BCUT2D eigenvalue weighted by atomic mass is 16.5. The molecule has 1 aromatic carbocycles. The molecule has 0 aliphatic carbocycles. The molecule has 0 atom stereocenters. The Labute approximate surface area is 141 Å². The van der Waals surface area contributed by atoms with Gasteiger partial charge in [-0.3, -0.25) is 4.79 Å². The molecule has 0 fully saturated rings. The van der Waals surface area contributed by atoms with Crippen LogP contribution in [-0.2, 0) is 17.8 Å². The normalized spacial score (nSPS) is 10.5. The van der Waals surface area contributed by atoms with Gasteiger partial charge < -0.3 is 18.8 Å². The smallest absolute Gasteiger partial charge is 0.253 e. The van der Waals surface area contributed by atoms with E-state index in [2.05, 4.69) is 0 Å². The summed E-state index contributed by atoms with van der Waals surface area (Å²) in [6, 6.07) is 5.61. The van der Waals surface area contributed by atoms with Crippen LogP contribution in [0.2, 0.25) is 0 Å². The highest BCUT2D eigenvalue weighted by molar-refractivity contribution is 5.71. The van der Waals surface area contributed by atoms with Gasteiger partial charge in [0, 0.05) is 30.3 Å². The summed E-state index contributed by atoms with van der Waals surface area (Å²) in [6.45, 7) is 4.52. The number of aldehydes is 1. The Morgan fingerprint density at radius 3 is 2.21 bits per heavy atom. The van der Waals surface area contributed by atoms with Crippen LogP contribution >= 0.6 is 0 Å². The van der Waals surface area contributed by atoms with Crippen LogP contribution in [0.5, 0.6) is 11.5 Å². The number of methoxy groups -OCH3 is 2. The number of ether oxygens (including phenoxy) is 2. The Hall–Kier alpha value is -2.56. The molecule has 128 valence electrons. The number of hydrogen-bond donors (Lipinski definition) is 0. The molecule has 0 radical (unpaired) electrons. The van der Waals surface area contributed by atoms with Crippen molar-refractivity contribution >= 4 is 6.29 Å². The van der Waals surface area contributed by atoms with E-state index in [0.29, 0.717) is 23.6 Å². The lowest BCUT2D eigenvalue weighted by Crippen LogP contribution is -2.21. The van der Waals surface area contributed by atoms with Crippen LogP contribution in [0.15, 0.2) is 29.2 Å². The number of benzene rings is 1. The number of carbonyl (C=O) groups excluding carboxylic acids is 1. The molecule has 0 aliphatic rings. The molecule has 0 bridgehead atoms. The second-order valence-electron chi connectivity index (χ2n) is 5.64. The third-order valence-corrected chi connectivity index (χ3v) is 3.96. The second kappa shape index (κ2) is 7.81. The van der Waals surface area contributed by atoms with Crippen LogP contribution < -0.4 is 15.0 Å². The summed E-state index contributed by atoms with van der Waals surface area (Å²) in [5.41, 5.74) is 3.23. The van der Waals surface area contributed by atoms with Crippen molar-refractivity contribution in [2.24, 2.45) is 0 Å². The molecule has 0 aliphatic heterocycles. The van der Waals surface area contributed by atoms with Gasteiger partial charge in [0.25, 0.3) is 5.56 Å². The number of aryl methyl sites for hydroxylation is 2. The van der Waals surface area contributed by atoms with Crippen molar-refractivity contribution in [2.75, 3.05) is 14.2 Å². The second-order valence-corrected chi connectivity index (χ2v) is 5.64. The molecule has 0 spiro atoms. The van der Waals surface area contributed by atoms with Gasteiger partial charge >= 0.3 is 0 Å². The maximum absolute atomic E-state index is 12.2. The van der Waals surface area contributed by atoms with Crippen LogP contribution in [0.1, 0.15) is 24.5 Å². The first-order chi connectivity index (χ1) is 11.5. The fourth-order valence-electron chi connectivity index (χ4n) is 2.79. The number of rotatable bonds is 7. The summed E-state index contributed by atoms with van der Waals surface area (Å²) in [4.78, 5) is 23.1. The van der Waals surface area contributed by atoms with Gasteiger partial charge in [0.1, 0.15) is 17.8 Å². The van der Waals surface area contributed by atoms with Crippen LogP contribution in [0.3, 0.4) is 0 Å². The predicted octanol–water partition coefficient (Wildman–Crippen LogP) is 2.99. The SMILES string of the molecule is CCCn1cc(-c2cc(OC)c(CC=O)c(OC)c2)cc(C)c1=O. The van der Waals surface area contributed by atoms with Crippen LogP contribution in [0, 0.1) is 6.92 Å². The zero-order valence-corrected chi connectivity index (χ0v) is 14.6. The molecule has 1 aromatic heterocycles. The first-order valence-electron chi connectivity index (χ1n) is 7.95. The highest BCUT2D eigenvalue weighted by Gasteiger charge is 2.14. The van der Waals surface area contributed by atoms with Gasteiger partial charge in [-0.25, -0.2) is 0 Å². The molecule has 5 heteroatoms. The lowest BCUT2D eigenvalue weighted by Gasteiger charge is -2.15. The molecular formula is C19H23NO4. The molecule has 5 nitrogen and oxygen atoms in total. The third kappa shape index (κ3) is 3.50. The van der Waals surface area contributed by atoms with Gasteiger partial charge in [-0.1, -0.05) is 6.92 Å². The minimum Gasteiger partial charge on any atom is -0.496 e. The zero-order valence-electron chi connectivity index (χ0n) is 14.6. The Bertz CT molecular complexity index is 767. The number of pyridine rings is 1. The predicted molar refractivity (Wildman–Crippen MR) is 94.0 cm³/mol. The summed E-state index contributed by atoms with van der Waals surface area (Å²) >= 11 is 0. The lowest BCUT2D eigenvalue weighted by atomic mass is 10.0. The molecule has 0 N–H and O–H groups in total. The molecule has 2 rings (SSSR count). The maximum atomic E-state index is 12.2. The van der Waals surface area contributed by atoms with Crippen molar-refractivity contribution in [3.05, 3.63) is 45.9 Å². The van der Waals surface area contributed by atoms with Crippen LogP contribution in [0.25, 0.3) is 11.1 Å². The number of carbonyl (C=O) groups is 1. The van der Waals surface area contributed by atoms with E-state index in [-0.39, 0.29) is 12.0 Å². The molecule has 0 amide bonds. The average Bonchev–Trinajstić information content (AvgIpc) is 2.59. The summed E-state index contributed by atoms with van der Waals surface area (Å²) in [7, 11) is 3.13. The van der Waals surface area contributed by atoms with E-state index < -0.39 is 0 Å². The zero-order chi connectivity index (χ0) is 17.7. The van der Waals surface area contributed by atoms with Crippen LogP contribution in [-0.4, -0.2) is 25.1 Å². The van der Waals surface area contributed by atoms with Crippen molar-refractivity contribution in [2.45, 2.75) is 33.2 Å². The molecule has 2 aromatic rings. The fraction of sp³-hybridized carbons (Fsp3) is 0.368.